The first-order chi connectivity index (χ1) is 10.0. The molecule has 0 spiro atoms. The van der Waals surface area contributed by atoms with Gasteiger partial charge in [-0.3, -0.25) is 4.79 Å². The van der Waals surface area contributed by atoms with Crippen LogP contribution in [-0.2, 0) is 4.79 Å². The molecular formula is C16H25Cl2N3O. The first kappa shape index (κ1) is 19.1. The van der Waals surface area contributed by atoms with E-state index < -0.39 is 6.04 Å². The number of amides is 1. The van der Waals surface area contributed by atoms with E-state index in [-0.39, 0.29) is 30.3 Å². The van der Waals surface area contributed by atoms with Gasteiger partial charge in [-0.15, -0.1) is 12.4 Å². The van der Waals surface area contributed by atoms with Gasteiger partial charge in [0.1, 0.15) is 0 Å². The largest absolute Gasteiger partial charge is 0.369 e. The van der Waals surface area contributed by atoms with Crippen molar-refractivity contribution in [3.05, 3.63) is 29.3 Å². The molecule has 6 heteroatoms. The highest BCUT2D eigenvalue weighted by Gasteiger charge is 2.27. The number of rotatable bonds is 5. The molecule has 1 fully saturated rings. The highest BCUT2D eigenvalue weighted by molar-refractivity contribution is 6.30. The molecule has 124 valence electrons. The fourth-order valence-electron chi connectivity index (χ4n) is 2.60. The Labute approximate surface area is 143 Å². The van der Waals surface area contributed by atoms with Crippen LogP contribution in [0.1, 0.15) is 26.7 Å². The van der Waals surface area contributed by atoms with Crippen LogP contribution in [0.4, 0.5) is 5.69 Å². The summed E-state index contributed by atoms with van der Waals surface area (Å²) in [5, 5.41) is 3.80. The van der Waals surface area contributed by atoms with E-state index in [0.29, 0.717) is 0 Å². The Morgan fingerprint density at radius 3 is 2.91 bits per heavy atom. The molecule has 3 N–H and O–H groups in total. The van der Waals surface area contributed by atoms with Crippen molar-refractivity contribution in [3.8, 4) is 0 Å². The molecule has 1 aromatic rings. The fourth-order valence-corrected chi connectivity index (χ4v) is 2.78. The molecule has 1 saturated heterocycles. The Morgan fingerprint density at radius 2 is 2.27 bits per heavy atom. The van der Waals surface area contributed by atoms with Crippen molar-refractivity contribution in [2.45, 2.75) is 38.8 Å². The quantitative estimate of drug-likeness (QED) is 0.862. The average Bonchev–Trinajstić information content (AvgIpc) is 2.94. The van der Waals surface area contributed by atoms with Crippen molar-refractivity contribution in [3.63, 3.8) is 0 Å². The Morgan fingerprint density at radius 1 is 1.55 bits per heavy atom. The smallest absolute Gasteiger partial charge is 0.237 e. The van der Waals surface area contributed by atoms with Gasteiger partial charge in [-0.25, -0.2) is 0 Å². The lowest BCUT2D eigenvalue weighted by molar-refractivity contribution is -0.124. The summed E-state index contributed by atoms with van der Waals surface area (Å²) in [7, 11) is 0. The van der Waals surface area contributed by atoms with Gasteiger partial charge in [0.2, 0.25) is 5.91 Å². The second-order valence-corrected chi connectivity index (χ2v) is 6.27. The lowest BCUT2D eigenvalue weighted by Gasteiger charge is -2.22. The van der Waals surface area contributed by atoms with Crippen LogP contribution in [0, 0.1) is 5.92 Å². The summed E-state index contributed by atoms with van der Waals surface area (Å²) >= 11 is 6.02. The molecule has 3 unspecified atom stereocenters. The van der Waals surface area contributed by atoms with E-state index in [1.165, 1.54) is 0 Å². The molecule has 22 heavy (non-hydrogen) atoms. The van der Waals surface area contributed by atoms with Crippen LogP contribution in [0.2, 0.25) is 5.02 Å². The summed E-state index contributed by atoms with van der Waals surface area (Å²) in [4.78, 5) is 14.4. The molecule has 0 aromatic heterocycles. The maximum atomic E-state index is 12.1. The molecule has 1 amide bonds. The maximum Gasteiger partial charge on any atom is 0.237 e. The summed E-state index contributed by atoms with van der Waals surface area (Å²) in [6.07, 6.45) is 1.85. The Kier molecular flexibility index (Phi) is 7.46. The third-order valence-electron chi connectivity index (χ3n) is 4.27. The summed E-state index contributed by atoms with van der Waals surface area (Å²) < 4.78 is 0. The molecule has 0 saturated carbocycles. The molecule has 4 nitrogen and oxygen atoms in total. The molecule has 1 aromatic carbocycles. The van der Waals surface area contributed by atoms with Gasteiger partial charge in [0.05, 0.1) is 6.04 Å². The molecule has 1 aliphatic rings. The Bertz CT molecular complexity index is 498. The van der Waals surface area contributed by atoms with E-state index in [0.717, 1.165) is 36.6 Å². The number of nitrogens with zero attached hydrogens (tertiary/aromatic N) is 1. The van der Waals surface area contributed by atoms with Crippen LogP contribution in [0.25, 0.3) is 0 Å². The number of nitrogens with two attached hydrogens (primary N) is 1. The monoisotopic (exact) mass is 345 g/mol. The topological polar surface area (TPSA) is 58.4 Å². The number of nitrogens with one attached hydrogen (secondary N) is 1. The number of carbonyl (C=O) groups excluding carboxylic acids is 1. The van der Waals surface area contributed by atoms with Crippen LogP contribution in [0.3, 0.4) is 0 Å². The van der Waals surface area contributed by atoms with Crippen LogP contribution >= 0.6 is 24.0 Å². The Balaban J connectivity index is 0.00000242. The van der Waals surface area contributed by atoms with E-state index in [2.05, 4.69) is 10.2 Å². The van der Waals surface area contributed by atoms with Crippen molar-refractivity contribution >= 4 is 35.6 Å². The summed E-state index contributed by atoms with van der Waals surface area (Å²) in [6.45, 7) is 5.79. The van der Waals surface area contributed by atoms with Crippen LogP contribution in [0.15, 0.2) is 24.3 Å². The number of halogens is 2. The second kappa shape index (κ2) is 8.61. The molecule has 1 aliphatic heterocycles. The molecule has 0 aliphatic carbocycles. The predicted molar refractivity (Wildman–Crippen MR) is 94.9 cm³/mol. The minimum absolute atomic E-state index is 0. The summed E-state index contributed by atoms with van der Waals surface area (Å²) in [5.74, 6) is 0.165. The third kappa shape index (κ3) is 4.77. The van der Waals surface area contributed by atoms with Crippen LogP contribution in [0.5, 0.6) is 0 Å². The summed E-state index contributed by atoms with van der Waals surface area (Å²) in [6, 6.07) is 7.55. The highest BCUT2D eigenvalue weighted by atomic mass is 35.5. The van der Waals surface area contributed by atoms with Crippen LogP contribution < -0.4 is 16.0 Å². The standard InChI is InChI=1S/C16H24ClN3O.ClH/c1-3-11(2)15(18)16(21)19-13-7-8-20(10-13)14-6-4-5-12(17)9-14;/h4-6,9,11,13,15H,3,7-8,10,18H2,1-2H3,(H,19,21);1H. The number of benzene rings is 1. The molecular weight excluding hydrogens is 321 g/mol. The predicted octanol–water partition coefficient (Wildman–Crippen LogP) is 2.83. The van der Waals surface area contributed by atoms with Gasteiger partial charge in [-0.05, 0) is 30.5 Å². The van der Waals surface area contributed by atoms with Crippen molar-refractivity contribution in [1.82, 2.24) is 5.32 Å². The van der Waals surface area contributed by atoms with Gasteiger partial charge in [0, 0.05) is 29.8 Å². The van der Waals surface area contributed by atoms with Gasteiger partial charge in [0.25, 0.3) is 0 Å². The van der Waals surface area contributed by atoms with Crippen molar-refractivity contribution in [2.24, 2.45) is 11.7 Å². The van der Waals surface area contributed by atoms with E-state index >= 15 is 0 Å². The van der Waals surface area contributed by atoms with Gasteiger partial charge in [-0.2, -0.15) is 0 Å². The minimum Gasteiger partial charge on any atom is -0.369 e. The first-order valence-electron chi connectivity index (χ1n) is 7.57. The Hall–Kier alpha value is -0.970. The second-order valence-electron chi connectivity index (χ2n) is 5.83. The van der Waals surface area contributed by atoms with E-state index in [4.69, 9.17) is 17.3 Å². The number of carbonyl (C=O) groups is 1. The highest BCUT2D eigenvalue weighted by Crippen LogP contribution is 2.23. The van der Waals surface area contributed by atoms with Crippen LogP contribution in [-0.4, -0.2) is 31.1 Å². The van der Waals surface area contributed by atoms with Gasteiger partial charge < -0.3 is 16.0 Å². The van der Waals surface area contributed by atoms with Crippen molar-refractivity contribution in [2.75, 3.05) is 18.0 Å². The van der Waals surface area contributed by atoms with Gasteiger partial charge >= 0.3 is 0 Å². The van der Waals surface area contributed by atoms with Gasteiger partial charge in [0.15, 0.2) is 0 Å². The van der Waals surface area contributed by atoms with Crippen molar-refractivity contribution < 1.29 is 4.79 Å². The third-order valence-corrected chi connectivity index (χ3v) is 4.50. The zero-order valence-electron chi connectivity index (χ0n) is 13.1. The fraction of sp³-hybridized carbons (Fsp3) is 0.562. The first-order valence-corrected chi connectivity index (χ1v) is 7.95. The zero-order valence-corrected chi connectivity index (χ0v) is 14.7. The molecule has 1 heterocycles. The van der Waals surface area contributed by atoms with Crippen molar-refractivity contribution in [1.29, 1.82) is 0 Å². The van der Waals surface area contributed by atoms with E-state index in [1.54, 1.807) is 0 Å². The molecule has 3 atom stereocenters. The lowest BCUT2D eigenvalue weighted by atomic mass is 9.99. The zero-order chi connectivity index (χ0) is 15.4. The number of hydrogen-bond acceptors (Lipinski definition) is 3. The van der Waals surface area contributed by atoms with E-state index in [9.17, 15) is 4.79 Å². The molecule has 2 rings (SSSR count). The maximum absolute atomic E-state index is 12.1. The van der Waals surface area contributed by atoms with Gasteiger partial charge in [-0.1, -0.05) is 37.9 Å². The molecule has 0 bridgehead atoms. The molecule has 0 radical (unpaired) electrons. The minimum atomic E-state index is -0.421. The normalized spacial score (nSPS) is 20.2. The average molecular weight is 346 g/mol. The SMILES string of the molecule is CCC(C)C(N)C(=O)NC1CCN(c2cccc(Cl)c2)C1.Cl. The lowest BCUT2D eigenvalue weighted by Crippen LogP contribution is -2.49. The summed E-state index contributed by atoms with van der Waals surface area (Å²) in [5.41, 5.74) is 7.07. The van der Waals surface area contributed by atoms with E-state index in [1.807, 2.05) is 38.1 Å². The number of hydrogen-bond donors (Lipinski definition) is 2. The number of anilines is 1.